The van der Waals surface area contributed by atoms with Gasteiger partial charge in [-0.05, 0) is 54.2 Å². The molecular weight excluding hydrogens is 851 g/mol. The summed E-state index contributed by atoms with van der Waals surface area (Å²) >= 11 is 0. The number of aliphatic hydroxyl groups is 1. The lowest BCUT2D eigenvalue weighted by atomic mass is 9.88. The second kappa shape index (κ2) is 18.7. The zero-order chi connectivity index (χ0) is 45.7. The molecular formula is C35H43F17O5Si. The highest BCUT2D eigenvalue weighted by Gasteiger charge is 2.95. The van der Waals surface area contributed by atoms with Crippen molar-refractivity contribution in [3.63, 3.8) is 0 Å². The molecule has 58 heavy (non-hydrogen) atoms. The topological polar surface area (TPSA) is 65.0 Å². The summed E-state index contributed by atoms with van der Waals surface area (Å²) in [7, 11) is -3.95. The molecule has 2 atom stereocenters. The fraction of sp³-hybridized carbons (Fsp3) is 0.686. The Morgan fingerprint density at radius 1 is 0.707 bits per heavy atom. The molecule has 0 saturated heterocycles. The van der Waals surface area contributed by atoms with E-state index in [-0.39, 0.29) is 19.0 Å². The molecule has 0 aromatic heterocycles. The second-order valence-corrected chi connectivity index (χ2v) is 19.0. The van der Waals surface area contributed by atoms with Crippen molar-refractivity contribution in [1.82, 2.24) is 0 Å². The van der Waals surface area contributed by atoms with E-state index in [2.05, 4.69) is 0 Å². The molecule has 23 heteroatoms. The van der Waals surface area contributed by atoms with Crippen LogP contribution in [-0.2, 0) is 14.0 Å². The molecule has 336 valence electrons. The van der Waals surface area contributed by atoms with Gasteiger partial charge in [0.05, 0.1) is 19.3 Å². The summed E-state index contributed by atoms with van der Waals surface area (Å²) in [5.41, 5.74) is -0.726. The predicted octanol–water partition coefficient (Wildman–Crippen LogP) is 12.0. The monoisotopic (exact) mass is 894 g/mol. The number of rotatable bonds is 22. The summed E-state index contributed by atoms with van der Waals surface area (Å²) < 4.78 is 250. The van der Waals surface area contributed by atoms with Crippen molar-refractivity contribution in [3.8, 4) is 5.75 Å². The van der Waals surface area contributed by atoms with Crippen molar-refractivity contribution in [2.45, 2.75) is 126 Å². The van der Waals surface area contributed by atoms with Crippen molar-refractivity contribution >= 4 is 14.3 Å². The number of carbonyl (C=O) groups excluding carboxylic acids is 1. The quantitative estimate of drug-likeness (QED) is 0.0314. The molecule has 0 radical (unpaired) electrons. The van der Waals surface area contributed by atoms with Crippen LogP contribution in [0.15, 0.2) is 48.1 Å². The van der Waals surface area contributed by atoms with Gasteiger partial charge in [-0.3, -0.25) is 0 Å². The molecule has 0 bridgehead atoms. The molecule has 1 aromatic rings. The molecule has 5 nitrogen and oxygen atoms in total. The smallest absolute Gasteiger partial charge is 0.460 e. The zero-order valence-electron chi connectivity index (χ0n) is 31.9. The van der Waals surface area contributed by atoms with Crippen LogP contribution in [0, 0.1) is 5.92 Å². The standard InChI is InChI=1S/C35H43F17O5Si/c1-8-55-26(53)19-22(6)9-10-23(7)27(54)24-11-13-25(14-12-24)56-16-17-57-58(20(2)3,21(4)5)18-15-28(36,37)29(38,39)30(40,41)31(42,43)32(44,45)33(46,47)34(48,49)35(50,51)52/h9-14,19-21,23,27,54H,8,15-18H2,1-7H3/b10-9+,22-19+/t23-,27+/m1/s1. The molecule has 0 aliphatic rings. The maximum atomic E-state index is 14.9. The minimum Gasteiger partial charge on any atom is -0.491 e. The van der Waals surface area contributed by atoms with Crippen LogP contribution in [0.1, 0.15) is 66.6 Å². The zero-order valence-corrected chi connectivity index (χ0v) is 32.9. The SMILES string of the molecule is CCOC(=O)/C=C(C)/C=C/[C@@H](C)[C@H](O)c1ccc(OCCO[Si](CCC(F)(F)C(F)(F)C(F)(F)C(F)(F)C(F)(F)C(F)(F)C(F)(F)C(F)(F)F)(C(C)C)C(C)C)cc1. The van der Waals surface area contributed by atoms with Gasteiger partial charge in [-0.2, -0.15) is 74.6 Å². The highest BCUT2D eigenvalue weighted by Crippen LogP contribution is 2.64. The summed E-state index contributed by atoms with van der Waals surface area (Å²) in [5, 5.41) is 10.7. The van der Waals surface area contributed by atoms with Gasteiger partial charge in [0.15, 0.2) is 8.32 Å². The van der Waals surface area contributed by atoms with Crippen molar-refractivity contribution in [1.29, 1.82) is 0 Å². The highest BCUT2D eigenvalue weighted by molar-refractivity contribution is 6.76. The summed E-state index contributed by atoms with van der Waals surface area (Å²) in [4.78, 5) is 11.6. The molecule has 0 heterocycles. The Labute approximate surface area is 323 Å². The van der Waals surface area contributed by atoms with Gasteiger partial charge in [0.1, 0.15) is 12.4 Å². The molecule has 0 spiro atoms. The summed E-state index contributed by atoms with van der Waals surface area (Å²) in [6.45, 7) is 9.60. The molecule has 0 saturated carbocycles. The summed E-state index contributed by atoms with van der Waals surface area (Å²) in [6, 6.07) is 4.49. The van der Waals surface area contributed by atoms with Crippen molar-refractivity contribution in [2.75, 3.05) is 19.8 Å². The third-order valence-electron chi connectivity index (χ3n) is 9.31. The van der Waals surface area contributed by atoms with E-state index >= 15 is 0 Å². The first-order valence-corrected chi connectivity index (χ1v) is 19.5. The van der Waals surface area contributed by atoms with Crippen LogP contribution in [-0.4, -0.2) is 86.8 Å². The number of aliphatic hydroxyl groups excluding tert-OH is 1. The lowest BCUT2D eigenvalue weighted by molar-refractivity contribution is -0.461. The van der Waals surface area contributed by atoms with Crippen molar-refractivity contribution in [3.05, 3.63) is 53.6 Å². The average Bonchev–Trinajstić information content (AvgIpc) is 3.08. The Morgan fingerprint density at radius 3 is 1.59 bits per heavy atom. The predicted molar refractivity (Wildman–Crippen MR) is 178 cm³/mol. The van der Waals surface area contributed by atoms with E-state index in [1.807, 2.05) is 0 Å². The van der Waals surface area contributed by atoms with E-state index in [0.29, 0.717) is 11.1 Å². The Balaban J connectivity index is 3.18. The molecule has 0 unspecified atom stereocenters. The molecule has 1 N–H and O–H groups in total. The number of allylic oxidation sites excluding steroid dienone is 2. The number of halogens is 17. The lowest BCUT2D eigenvalue weighted by Crippen LogP contribution is -2.74. The molecule has 0 amide bonds. The van der Waals surface area contributed by atoms with Crippen LogP contribution in [0.2, 0.25) is 17.1 Å². The van der Waals surface area contributed by atoms with Crippen LogP contribution in [0.3, 0.4) is 0 Å². The number of hydrogen-bond acceptors (Lipinski definition) is 5. The molecule has 1 aromatic carbocycles. The fourth-order valence-electron chi connectivity index (χ4n) is 5.64. The van der Waals surface area contributed by atoms with E-state index in [4.69, 9.17) is 13.9 Å². The van der Waals surface area contributed by atoms with Crippen LogP contribution >= 0.6 is 0 Å². The first kappa shape index (κ1) is 52.9. The Bertz CT molecular complexity index is 1550. The average molecular weight is 895 g/mol. The first-order chi connectivity index (χ1) is 26.0. The molecule has 1 rings (SSSR count). The molecule has 0 aliphatic carbocycles. The van der Waals surface area contributed by atoms with E-state index < -0.39 is 104 Å². The van der Waals surface area contributed by atoms with Gasteiger partial charge < -0.3 is 19.0 Å². The van der Waals surface area contributed by atoms with Gasteiger partial charge in [0.25, 0.3) is 0 Å². The van der Waals surface area contributed by atoms with E-state index in [0.717, 1.165) is 0 Å². The molecule has 0 fully saturated rings. The minimum absolute atomic E-state index is 0.169. The fourth-order valence-corrected chi connectivity index (χ4v) is 10.1. The maximum absolute atomic E-state index is 14.9. The van der Waals surface area contributed by atoms with Crippen LogP contribution < -0.4 is 4.74 Å². The van der Waals surface area contributed by atoms with Gasteiger partial charge in [0, 0.05) is 18.4 Å². The second-order valence-electron chi connectivity index (χ2n) is 14.0. The van der Waals surface area contributed by atoms with Gasteiger partial charge in [-0.25, -0.2) is 4.79 Å². The van der Waals surface area contributed by atoms with E-state index in [9.17, 15) is 84.5 Å². The van der Waals surface area contributed by atoms with Crippen molar-refractivity contribution in [2.24, 2.45) is 5.92 Å². The van der Waals surface area contributed by atoms with Gasteiger partial charge in [-0.1, -0.05) is 58.9 Å². The largest absolute Gasteiger partial charge is 0.491 e. The first-order valence-electron chi connectivity index (χ1n) is 17.3. The number of alkyl halides is 17. The highest BCUT2D eigenvalue weighted by atomic mass is 28.4. The van der Waals surface area contributed by atoms with Gasteiger partial charge in [0.2, 0.25) is 0 Å². The van der Waals surface area contributed by atoms with Gasteiger partial charge in [-0.15, -0.1) is 0 Å². The Morgan fingerprint density at radius 2 is 1.16 bits per heavy atom. The lowest BCUT2D eigenvalue weighted by Gasteiger charge is -2.44. The van der Waals surface area contributed by atoms with E-state index in [1.54, 1.807) is 32.9 Å². The normalized spacial score (nSPS) is 16.0. The van der Waals surface area contributed by atoms with Crippen LogP contribution in [0.4, 0.5) is 74.6 Å². The Kier molecular flexibility index (Phi) is 17.0. The van der Waals surface area contributed by atoms with E-state index in [1.165, 1.54) is 58.0 Å². The number of carbonyl (C=O) groups is 1. The van der Waals surface area contributed by atoms with Crippen LogP contribution in [0.25, 0.3) is 0 Å². The number of hydrogen-bond donors (Lipinski definition) is 1. The number of benzene rings is 1. The third kappa shape index (κ3) is 10.4. The maximum Gasteiger partial charge on any atom is 0.460 e. The van der Waals surface area contributed by atoms with Crippen LogP contribution in [0.5, 0.6) is 5.75 Å². The number of esters is 1. The summed E-state index contributed by atoms with van der Waals surface area (Å²) in [6.07, 6.45) is -6.89. The minimum atomic E-state index is -8.68. The van der Waals surface area contributed by atoms with Crippen molar-refractivity contribution < 1.29 is 98.4 Å². The molecule has 0 aliphatic heterocycles. The van der Waals surface area contributed by atoms with Gasteiger partial charge >= 0.3 is 53.6 Å². The summed E-state index contributed by atoms with van der Waals surface area (Å²) in [5.74, 6) is -57.5. The third-order valence-corrected chi connectivity index (χ3v) is 15.0. The number of ether oxygens (including phenoxy) is 2. The Hall–Kier alpha value is -3.08.